The van der Waals surface area contributed by atoms with Gasteiger partial charge in [-0.3, -0.25) is 14.9 Å². The van der Waals surface area contributed by atoms with Crippen molar-refractivity contribution in [1.29, 1.82) is 0 Å². The third kappa shape index (κ3) is 3.52. The van der Waals surface area contributed by atoms with E-state index >= 15 is 0 Å². The number of nitro groups is 1. The van der Waals surface area contributed by atoms with Gasteiger partial charge in [-0.15, -0.1) is 0 Å². The molecular formula is C11H14N2O6S. The Labute approximate surface area is 115 Å². The molecule has 0 aliphatic heterocycles. The first kappa shape index (κ1) is 16.1. The summed E-state index contributed by atoms with van der Waals surface area (Å²) in [6, 6.07) is 2.13. The van der Waals surface area contributed by atoms with Crippen molar-refractivity contribution in [2.45, 2.75) is 31.2 Å². The van der Waals surface area contributed by atoms with Crippen molar-refractivity contribution in [2.24, 2.45) is 0 Å². The van der Waals surface area contributed by atoms with Crippen LogP contribution >= 0.6 is 0 Å². The van der Waals surface area contributed by atoms with Gasteiger partial charge in [0.2, 0.25) is 10.0 Å². The van der Waals surface area contributed by atoms with Crippen LogP contribution in [-0.4, -0.2) is 30.5 Å². The highest BCUT2D eigenvalue weighted by atomic mass is 32.2. The fourth-order valence-corrected chi connectivity index (χ4v) is 2.81. The average Bonchev–Trinajstić information content (AvgIpc) is 2.35. The molecule has 0 bridgehead atoms. The minimum atomic E-state index is -4.12. The molecule has 2 N–H and O–H groups in total. The van der Waals surface area contributed by atoms with Crippen LogP contribution in [0, 0.1) is 17.0 Å². The first-order chi connectivity index (χ1) is 9.19. The third-order valence-corrected chi connectivity index (χ3v) is 4.16. The van der Waals surface area contributed by atoms with E-state index < -0.39 is 27.0 Å². The largest absolute Gasteiger partial charge is 0.480 e. The number of carbonyl (C=O) groups is 1. The molecule has 9 heteroatoms. The second kappa shape index (κ2) is 5.97. The summed E-state index contributed by atoms with van der Waals surface area (Å²) in [6.45, 7) is 2.99. The number of nitrogens with one attached hydrogen (secondary N) is 1. The van der Waals surface area contributed by atoms with Crippen molar-refractivity contribution in [1.82, 2.24) is 4.72 Å². The van der Waals surface area contributed by atoms with E-state index in [0.717, 1.165) is 6.07 Å². The minimum absolute atomic E-state index is 0.0581. The van der Waals surface area contributed by atoms with Crippen LogP contribution in [0.25, 0.3) is 0 Å². The normalized spacial score (nSPS) is 12.9. The predicted molar refractivity (Wildman–Crippen MR) is 69.9 cm³/mol. The number of aryl methyl sites for hydroxylation is 1. The second-order valence-corrected chi connectivity index (χ2v) is 5.84. The Hall–Kier alpha value is -2.00. The Morgan fingerprint density at radius 1 is 1.50 bits per heavy atom. The zero-order valence-electron chi connectivity index (χ0n) is 10.9. The molecule has 0 unspecified atom stereocenters. The summed E-state index contributed by atoms with van der Waals surface area (Å²) < 4.78 is 26.0. The SMILES string of the molecule is CC[C@@H](NS(=O)(=O)c1ccc(C)c([N+](=O)[O-])c1)C(=O)O. The van der Waals surface area contributed by atoms with Gasteiger partial charge in [0.05, 0.1) is 9.82 Å². The molecule has 1 aromatic rings. The van der Waals surface area contributed by atoms with Gasteiger partial charge < -0.3 is 5.11 Å². The Kier molecular flexibility index (Phi) is 4.79. The number of nitro benzene ring substituents is 1. The summed E-state index contributed by atoms with van der Waals surface area (Å²) in [5.74, 6) is -1.31. The van der Waals surface area contributed by atoms with Gasteiger partial charge in [-0.1, -0.05) is 13.0 Å². The Balaban J connectivity index is 3.19. The fourth-order valence-electron chi connectivity index (χ4n) is 1.52. The Bertz CT molecular complexity index is 640. The van der Waals surface area contributed by atoms with Gasteiger partial charge in [-0.05, 0) is 19.4 Å². The van der Waals surface area contributed by atoms with Crippen molar-refractivity contribution >= 4 is 21.7 Å². The zero-order chi connectivity index (χ0) is 15.5. The molecule has 1 rings (SSSR count). The average molecular weight is 302 g/mol. The predicted octanol–water partition coefficient (Wildman–Crippen LogP) is 1.04. The van der Waals surface area contributed by atoms with Crippen molar-refractivity contribution in [2.75, 3.05) is 0 Å². The summed E-state index contributed by atoms with van der Waals surface area (Å²) in [5.41, 5.74) is -0.0181. The highest BCUT2D eigenvalue weighted by Gasteiger charge is 2.25. The maximum absolute atomic E-state index is 12.0. The van der Waals surface area contributed by atoms with Gasteiger partial charge in [0.1, 0.15) is 6.04 Å². The number of carboxylic acid groups (broad SMARTS) is 1. The summed E-state index contributed by atoms with van der Waals surface area (Å²) in [6.07, 6.45) is 0.0581. The van der Waals surface area contributed by atoms with Crippen molar-refractivity contribution in [3.63, 3.8) is 0 Å². The molecule has 0 aliphatic carbocycles. The molecule has 0 spiro atoms. The van der Waals surface area contributed by atoms with E-state index in [1.807, 2.05) is 4.72 Å². The quantitative estimate of drug-likeness (QED) is 0.597. The number of hydrogen-bond donors (Lipinski definition) is 2. The summed E-state index contributed by atoms with van der Waals surface area (Å²) in [5, 5.41) is 19.6. The van der Waals surface area contributed by atoms with E-state index in [9.17, 15) is 23.3 Å². The Morgan fingerprint density at radius 2 is 2.10 bits per heavy atom. The van der Waals surface area contributed by atoms with Gasteiger partial charge in [-0.2, -0.15) is 4.72 Å². The van der Waals surface area contributed by atoms with Crippen LogP contribution in [0.5, 0.6) is 0 Å². The lowest BCUT2D eigenvalue weighted by Gasteiger charge is -2.12. The van der Waals surface area contributed by atoms with Gasteiger partial charge in [0.25, 0.3) is 5.69 Å². The standard InChI is InChI=1S/C11H14N2O6S/c1-3-9(11(14)15)12-20(18,19)8-5-4-7(2)10(6-8)13(16)17/h4-6,9,12H,3H2,1-2H3,(H,14,15)/t9-/m1/s1. The summed E-state index contributed by atoms with van der Waals surface area (Å²) in [7, 11) is -4.12. The first-order valence-electron chi connectivity index (χ1n) is 5.69. The molecule has 20 heavy (non-hydrogen) atoms. The topological polar surface area (TPSA) is 127 Å². The molecule has 0 amide bonds. The van der Waals surface area contributed by atoms with Gasteiger partial charge >= 0.3 is 5.97 Å². The lowest BCUT2D eigenvalue weighted by Crippen LogP contribution is -2.40. The molecule has 0 fully saturated rings. The smallest absolute Gasteiger partial charge is 0.321 e. The van der Waals surface area contributed by atoms with Crippen LogP contribution in [-0.2, 0) is 14.8 Å². The van der Waals surface area contributed by atoms with Gasteiger partial charge in [-0.25, -0.2) is 8.42 Å². The molecule has 0 radical (unpaired) electrons. The van der Waals surface area contributed by atoms with E-state index in [-0.39, 0.29) is 17.0 Å². The number of benzene rings is 1. The van der Waals surface area contributed by atoms with Crippen LogP contribution in [0.2, 0.25) is 0 Å². The number of hydrogen-bond acceptors (Lipinski definition) is 5. The fraction of sp³-hybridized carbons (Fsp3) is 0.364. The molecule has 0 aromatic heterocycles. The molecule has 0 heterocycles. The van der Waals surface area contributed by atoms with E-state index in [4.69, 9.17) is 5.11 Å². The number of rotatable bonds is 6. The van der Waals surface area contributed by atoms with E-state index in [0.29, 0.717) is 5.56 Å². The highest BCUT2D eigenvalue weighted by Crippen LogP contribution is 2.22. The zero-order valence-corrected chi connectivity index (χ0v) is 11.7. The van der Waals surface area contributed by atoms with Crippen molar-refractivity contribution in [3.05, 3.63) is 33.9 Å². The molecule has 8 nitrogen and oxygen atoms in total. The third-order valence-electron chi connectivity index (χ3n) is 2.69. The summed E-state index contributed by atoms with van der Waals surface area (Å²) in [4.78, 5) is 20.6. The second-order valence-electron chi connectivity index (χ2n) is 4.13. The van der Waals surface area contributed by atoms with Crippen LogP contribution in [0.4, 0.5) is 5.69 Å². The number of aliphatic carboxylic acids is 1. The van der Waals surface area contributed by atoms with E-state index in [1.54, 1.807) is 0 Å². The minimum Gasteiger partial charge on any atom is -0.480 e. The summed E-state index contributed by atoms with van der Waals surface area (Å²) >= 11 is 0. The van der Waals surface area contributed by atoms with E-state index in [2.05, 4.69) is 0 Å². The maximum atomic E-state index is 12.0. The van der Waals surface area contributed by atoms with Crippen LogP contribution in [0.15, 0.2) is 23.1 Å². The maximum Gasteiger partial charge on any atom is 0.321 e. The first-order valence-corrected chi connectivity index (χ1v) is 7.17. The molecule has 0 aliphatic rings. The number of carboxylic acids is 1. The molecule has 1 aromatic carbocycles. The van der Waals surface area contributed by atoms with Crippen molar-refractivity contribution in [3.8, 4) is 0 Å². The highest BCUT2D eigenvalue weighted by molar-refractivity contribution is 7.89. The van der Waals surface area contributed by atoms with Crippen molar-refractivity contribution < 1.29 is 23.2 Å². The van der Waals surface area contributed by atoms with E-state index in [1.165, 1.54) is 26.0 Å². The molecule has 110 valence electrons. The van der Waals surface area contributed by atoms with Crippen LogP contribution < -0.4 is 4.72 Å². The molecule has 0 saturated heterocycles. The molecule has 0 saturated carbocycles. The number of sulfonamides is 1. The van der Waals surface area contributed by atoms with Gasteiger partial charge in [0.15, 0.2) is 0 Å². The number of nitrogens with zero attached hydrogens (tertiary/aromatic N) is 1. The molecular weight excluding hydrogens is 288 g/mol. The van der Waals surface area contributed by atoms with Gasteiger partial charge in [0, 0.05) is 11.6 Å². The monoisotopic (exact) mass is 302 g/mol. The lowest BCUT2D eigenvalue weighted by atomic mass is 10.2. The molecule has 1 atom stereocenters. The Morgan fingerprint density at radius 3 is 2.55 bits per heavy atom. The lowest BCUT2D eigenvalue weighted by molar-refractivity contribution is -0.385. The van der Waals surface area contributed by atoms with Crippen LogP contribution in [0.1, 0.15) is 18.9 Å². The van der Waals surface area contributed by atoms with Crippen LogP contribution in [0.3, 0.4) is 0 Å².